The number of ether oxygens (including phenoxy) is 1. The molecule has 2 aromatic rings. The van der Waals surface area contributed by atoms with E-state index in [0.717, 1.165) is 3.57 Å². The number of esters is 1. The molecule has 0 radical (unpaired) electrons. The van der Waals surface area contributed by atoms with Crippen LogP contribution in [0.25, 0.3) is 0 Å². The van der Waals surface area contributed by atoms with Crippen LogP contribution in [0.4, 0.5) is 11.4 Å². The third kappa shape index (κ3) is 5.02. The maximum Gasteiger partial charge on any atom is 0.338 e. The van der Waals surface area contributed by atoms with Crippen molar-refractivity contribution in [1.29, 1.82) is 0 Å². The predicted molar refractivity (Wildman–Crippen MR) is 91.2 cm³/mol. The summed E-state index contributed by atoms with van der Waals surface area (Å²) in [6.07, 6.45) is 0. The molecule has 0 bridgehead atoms. The molecule has 23 heavy (non-hydrogen) atoms. The first kappa shape index (κ1) is 16.9. The van der Waals surface area contributed by atoms with Crippen LogP contribution < -0.4 is 5.32 Å². The molecular weight excluding hydrogens is 415 g/mol. The summed E-state index contributed by atoms with van der Waals surface area (Å²) in [5, 5.41) is 13.1. The predicted octanol–water partition coefficient (Wildman–Crippen LogP) is 2.99. The number of non-ortho nitro benzene ring substituents is 1. The Morgan fingerprint density at radius 1 is 1.09 bits per heavy atom. The van der Waals surface area contributed by atoms with Crippen LogP contribution in [0.15, 0.2) is 48.5 Å². The third-order valence-corrected chi connectivity index (χ3v) is 3.50. The van der Waals surface area contributed by atoms with E-state index in [4.69, 9.17) is 4.74 Å². The highest BCUT2D eigenvalue weighted by Crippen LogP contribution is 2.13. The van der Waals surface area contributed by atoms with Crippen LogP contribution in [0.5, 0.6) is 0 Å². The van der Waals surface area contributed by atoms with Crippen LogP contribution in [-0.2, 0) is 9.53 Å². The molecule has 0 saturated carbocycles. The minimum atomic E-state index is -0.724. The maximum atomic E-state index is 11.8. The standard InChI is InChI=1S/C15H11IN2O5/c16-11-3-5-12(6-4-11)17-14(19)9-23-15(20)10-1-7-13(8-2-10)18(21)22/h1-8H,9H2,(H,17,19). The van der Waals surface area contributed by atoms with Crippen LogP contribution in [0, 0.1) is 13.7 Å². The smallest absolute Gasteiger partial charge is 0.338 e. The SMILES string of the molecule is O=C(COC(=O)c1ccc([N+](=O)[O-])cc1)Nc1ccc(I)cc1. The van der Waals surface area contributed by atoms with E-state index in [1.54, 1.807) is 12.1 Å². The molecular formula is C15H11IN2O5. The van der Waals surface area contributed by atoms with Gasteiger partial charge in [-0.2, -0.15) is 0 Å². The Balaban J connectivity index is 1.87. The molecule has 1 N–H and O–H groups in total. The van der Waals surface area contributed by atoms with Crippen LogP contribution in [0.1, 0.15) is 10.4 Å². The zero-order valence-electron chi connectivity index (χ0n) is 11.7. The van der Waals surface area contributed by atoms with Crippen molar-refractivity contribution in [2.24, 2.45) is 0 Å². The third-order valence-electron chi connectivity index (χ3n) is 2.78. The van der Waals surface area contributed by atoms with Gasteiger partial charge in [0.2, 0.25) is 0 Å². The normalized spacial score (nSPS) is 9.96. The highest BCUT2D eigenvalue weighted by atomic mass is 127. The molecule has 0 aliphatic rings. The minimum absolute atomic E-state index is 0.127. The maximum absolute atomic E-state index is 11.8. The number of nitro groups is 1. The monoisotopic (exact) mass is 426 g/mol. The first-order chi connectivity index (χ1) is 11.0. The molecule has 1 amide bonds. The van der Waals surface area contributed by atoms with Gasteiger partial charge in [-0.25, -0.2) is 4.79 Å². The van der Waals surface area contributed by atoms with E-state index in [9.17, 15) is 19.7 Å². The Kier molecular flexibility index (Phi) is 5.63. The Morgan fingerprint density at radius 2 is 1.70 bits per heavy atom. The van der Waals surface area contributed by atoms with E-state index >= 15 is 0 Å². The van der Waals surface area contributed by atoms with E-state index in [1.165, 1.54) is 24.3 Å². The van der Waals surface area contributed by atoms with Gasteiger partial charge in [0, 0.05) is 21.4 Å². The summed E-state index contributed by atoms with van der Waals surface area (Å²) < 4.78 is 5.90. The molecule has 0 aromatic heterocycles. The van der Waals surface area contributed by atoms with Crippen LogP contribution in [0.2, 0.25) is 0 Å². The molecule has 0 aliphatic carbocycles. The number of rotatable bonds is 5. The van der Waals surface area contributed by atoms with E-state index in [0.29, 0.717) is 5.69 Å². The molecule has 0 saturated heterocycles. The van der Waals surface area contributed by atoms with E-state index in [1.807, 2.05) is 12.1 Å². The van der Waals surface area contributed by atoms with Gasteiger partial charge in [0.1, 0.15) is 0 Å². The summed E-state index contributed by atoms with van der Waals surface area (Å²) in [5.74, 6) is -1.20. The molecule has 7 nitrogen and oxygen atoms in total. The Labute approximate surface area is 144 Å². The Morgan fingerprint density at radius 3 is 2.26 bits per heavy atom. The van der Waals surface area contributed by atoms with Crippen LogP contribution in [0.3, 0.4) is 0 Å². The van der Waals surface area contributed by atoms with Gasteiger partial charge in [0.25, 0.3) is 11.6 Å². The van der Waals surface area contributed by atoms with Gasteiger partial charge in [0.15, 0.2) is 6.61 Å². The lowest BCUT2D eigenvalue weighted by Crippen LogP contribution is -2.20. The fourth-order valence-corrected chi connectivity index (χ4v) is 2.02. The lowest BCUT2D eigenvalue weighted by Gasteiger charge is -2.06. The van der Waals surface area contributed by atoms with Crippen molar-refractivity contribution in [3.05, 3.63) is 67.8 Å². The van der Waals surface area contributed by atoms with Gasteiger partial charge in [-0.3, -0.25) is 14.9 Å². The van der Waals surface area contributed by atoms with Crippen molar-refractivity contribution < 1.29 is 19.2 Å². The second-order valence-electron chi connectivity index (χ2n) is 4.44. The zero-order valence-corrected chi connectivity index (χ0v) is 13.8. The number of halogens is 1. The molecule has 2 aromatic carbocycles. The summed E-state index contributed by atoms with van der Waals surface area (Å²) >= 11 is 2.14. The molecule has 0 aliphatic heterocycles. The van der Waals surface area contributed by atoms with Crippen molar-refractivity contribution >= 4 is 45.8 Å². The van der Waals surface area contributed by atoms with Gasteiger partial charge < -0.3 is 10.1 Å². The average molecular weight is 426 g/mol. The highest BCUT2D eigenvalue weighted by molar-refractivity contribution is 14.1. The summed E-state index contributed by atoms with van der Waals surface area (Å²) in [5.41, 5.74) is 0.609. The average Bonchev–Trinajstić information content (AvgIpc) is 2.55. The van der Waals surface area contributed by atoms with E-state index < -0.39 is 23.4 Å². The number of hydrogen-bond donors (Lipinski definition) is 1. The van der Waals surface area contributed by atoms with Gasteiger partial charge in [-0.15, -0.1) is 0 Å². The van der Waals surface area contributed by atoms with E-state index in [2.05, 4.69) is 27.9 Å². The summed E-state index contributed by atoms with van der Waals surface area (Å²) in [6.45, 7) is -0.443. The topological polar surface area (TPSA) is 98.5 Å². The first-order valence-electron chi connectivity index (χ1n) is 6.43. The number of nitro benzene ring substituents is 1. The lowest BCUT2D eigenvalue weighted by atomic mass is 10.2. The van der Waals surface area contributed by atoms with Gasteiger partial charge in [0.05, 0.1) is 10.5 Å². The fraction of sp³-hybridized carbons (Fsp3) is 0.0667. The lowest BCUT2D eigenvalue weighted by molar-refractivity contribution is -0.384. The van der Waals surface area contributed by atoms with Crippen molar-refractivity contribution in [1.82, 2.24) is 0 Å². The number of carbonyl (C=O) groups excluding carboxylic acids is 2. The van der Waals surface area contributed by atoms with Crippen molar-refractivity contribution in [3.8, 4) is 0 Å². The van der Waals surface area contributed by atoms with E-state index in [-0.39, 0.29) is 11.3 Å². The summed E-state index contributed by atoms with van der Waals surface area (Å²) in [6, 6.07) is 12.1. The minimum Gasteiger partial charge on any atom is -0.452 e. The summed E-state index contributed by atoms with van der Waals surface area (Å²) in [7, 11) is 0. The van der Waals surface area contributed by atoms with Crippen molar-refractivity contribution in [2.45, 2.75) is 0 Å². The molecule has 8 heteroatoms. The summed E-state index contributed by atoms with van der Waals surface area (Å²) in [4.78, 5) is 33.4. The van der Waals surface area contributed by atoms with Crippen LogP contribution >= 0.6 is 22.6 Å². The largest absolute Gasteiger partial charge is 0.452 e. The van der Waals surface area contributed by atoms with Gasteiger partial charge >= 0.3 is 5.97 Å². The number of carbonyl (C=O) groups is 2. The zero-order chi connectivity index (χ0) is 16.8. The number of benzene rings is 2. The molecule has 0 atom stereocenters. The van der Waals surface area contributed by atoms with Gasteiger partial charge in [-0.1, -0.05) is 0 Å². The molecule has 0 unspecified atom stereocenters. The fourth-order valence-electron chi connectivity index (χ4n) is 1.66. The number of amides is 1. The van der Waals surface area contributed by atoms with Crippen molar-refractivity contribution in [2.75, 3.05) is 11.9 Å². The molecule has 0 heterocycles. The molecule has 0 fully saturated rings. The molecule has 118 valence electrons. The number of nitrogens with zero attached hydrogens (tertiary/aromatic N) is 1. The van der Waals surface area contributed by atoms with Crippen molar-refractivity contribution in [3.63, 3.8) is 0 Å². The van der Waals surface area contributed by atoms with Crippen LogP contribution in [-0.4, -0.2) is 23.4 Å². The number of nitrogens with one attached hydrogen (secondary N) is 1. The first-order valence-corrected chi connectivity index (χ1v) is 7.50. The Bertz CT molecular complexity index is 729. The molecule has 2 rings (SSSR count). The van der Waals surface area contributed by atoms with Gasteiger partial charge in [-0.05, 0) is 59.0 Å². The Hall–Kier alpha value is -2.49. The number of hydrogen-bond acceptors (Lipinski definition) is 5. The molecule has 0 spiro atoms. The quantitative estimate of drug-likeness (QED) is 0.343. The highest BCUT2D eigenvalue weighted by Gasteiger charge is 2.12. The second-order valence-corrected chi connectivity index (χ2v) is 5.68. The number of anilines is 1. The second kappa shape index (κ2) is 7.68.